The lowest BCUT2D eigenvalue weighted by Crippen LogP contribution is -2.06. The van der Waals surface area contributed by atoms with Crippen LogP contribution in [-0.4, -0.2) is 22.7 Å². The largest absolute Gasteiger partial charge is 0.505 e. The van der Waals surface area contributed by atoms with E-state index in [9.17, 15) is 9.90 Å². The molecule has 0 fully saturated rings. The van der Waals surface area contributed by atoms with Crippen molar-refractivity contribution in [1.82, 2.24) is 4.98 Å². The van der Waals surface area contributed by atoms with E-state index in [0.29, 0.717) is 16.1 Å². The van der Waals surface area contributed by atoms with Crippen molar-refractivity contribution in [2.45, 2.75) is 6.92 Å². The van der Waals surface area contributed by atoms with Crippen molar-refractivity contribution in [3.8, 4) is 5.75 Å². The summed E-state index contributed by atoms with van der Waals surface area (Å²) >= 11 is 13.3. The highest BCUT2D eigenvalue weighted by Gasteiger charge is 2.18. The summed E-state index contributed by atoms with van der Waals surface area (Å²) < 4.78 is 6.12. The van der Waals surface area contributed by atoms with Crippen LogP contribution in [0.1, 0.15) is 17.5 Å². The molecule has 0 amide bonds. The third-order valence-electron chi connectivity index (χ3n) is 3.37. The predicted octanol–water partition coefficient (Wildman–Crippen LogP) is 5.41. The van der Waals surface area contributed by atoms with E-state index in [2.05, 4.69) is 4.98 Å². The second-order valence-electron chi connectivity index (χ2n) is 5.10. The number of ether oxygens (including phenoxy) is 1. The monoisotopic (exact) mass is 393 g/mol. The molecule has 0 aliphatic carbocycles. The van der Waals surface area contributed by atoms with E-state index < -0.39 is 5.97 Å². The number of hydrogen-bond acceptors (Lipinski definition) is 5. The van der Waals surface area contributed by atoms with E-state index in [0.717, 1.165) is 10.2 Å². The fourth-order valence-electron chi connectivity index (χ4n) is 2.24. The molecule has 0 bridgehead atoms. The summed E-state index contributed by atoms with van der Waals surface area (Å²) in [6, 6.07) is 10.7. The maximum atomic E-state index is 12.4. The smallest absolute Gasteiger partial charge is 0.341 e. The quantitative estimate of drug-likeness (QED) is 0.475. The van der Waals surface area contributed by atoms with Gasteiger partial charge in [0.25, 0.3) is 0 Å². The molecule has 1 N–H and O–H groups in total. The van der Waals surface area contributed by atoms with Crippen LogP contribution >= 0.6 is 34.5 Å². The predicted molar refractivity (Wildman–Crippen MR) is 102 cm³/mol. The van der Waals surface area contributed by atoms with Crippen LogP contribution in [0.3, 0.4) is 0 Å². The molecule has 3 aromatic rings. The van der Waals surface area contributed by atoms with E-state index >= 15 is 0 Å². The summed E-state index contributed by atoms with van der Waals surface area (Å²) in [6.45, 7) is 1.99. The summed E-state index contributed by atoms with van der Waals surface area (Å²) in [6.07, 6.45) is 1.60. The minimum Gasteiger partial charge on any atom is -0.505 e. The van der Waals surface area contributed by atoms with E-state index in [1.165, 1.54) is 23.5 Å². The molecule has 0 saturated heterocycles. The molecule has 4 nitrogen and oxygen atoms in total. The SMILES string of the molecule is CCOC(=O)/C(=C\c1cc(Cl)c(O)c(Cl)c1)c1nc2ccccc2s1. The Morgan fingerprint density at radius 1 is 1.28 bits per heavy atom. The van der Waals surface area contributed by atoms with Crippen molar-refractivity contribution in [1.29, 1.82) is 0 Å². The Morgan fingerprint density at radius 3 is 2.60 bits per heavy atom. The number of hydrogen-bond donors (Lipinski definition) is 1. The highest BCUT2D eigenvalue weighted by molar-refractivity contribution is 7.19. The van der Waals surface area contributed by atoms with Crippen molar-refractivity contribution >= 4 is 62.4 Å². The topological polar surface area (TPSA) is 59.4 Å². The molecule has 128 valence electrons. The van der Waals surface area contributed by atoms with Gasteiger partial charge in [-0.2, -0.15) is 0 Å². The number of thiazole rings is 1. The van der Waals surface area contributed by atoms with Crippen LogP contribution < -0.4 is 0 Å². The molecule has 2 aromatic carbocycles. The molecular formula is C18H13Cl2NO3S. The number of esters is 1. The number of carbonyl (C=O) groups is 1. The van der Waals surface area contributed by atoms with Gasteiger partial charge in [-0.05, 0) is 42.8 Å². The Hall–Kier alpha value is -2.08. The van der Waals surface area contributed by atoms with Gasteiger partial charge in [0.15, 0.2) is 5.75 Å². The van der Waals surface area contributed by atoms with Crippen LogP contribution in [0.2, 0.25) is 10.0 Å². The van der Waals surface area contributed by atoms with Gasteiger partial charge in [0.05, 0.1) is 32.4 Å². The highest BCUT2D eigenvalue weighted by atomic mass is 35.5. The first-order valence-corrected chi connectivity index (χ1v) is 8.99. The van der Waals surface area contributed by atoms with Gasteiger partial charge in [-0.3, -0.25) is 0 Å². The standard InChI is InChI=1S/C18H13Cl2NO3S/c1-2-24-18(23)11(7-10-8-12(19)16(22)13(20)9-10)17-21-14-5-3-4-6-15(14)25-17/h3-9,22H,2H2,1H3/b11-7-. The molecule has 0 atom stereocenters. The Labute approximate surface area is 158 Å². The van der Waals surface area contributed by atoms with Crippen LogP contribution in [-0.2, 0) is 9.53 Å². The van der Waals surface area contributed by atoms with Gasteiger partial charge in [-0.1, -0.05) is 35.3 Å². The first kappa shape index (κ1) is 17.7. The fraction of sp³-hybridized carbons (Fsp3) is 0.111. The van der Waals surface area contributed by atoms with Crippen molar-refractivity contribution in [3.63, 3.8) is 0 Å². The molecule has 25 heavy (non-hydrogen) atoms. The Balaban J connectivity index is 2.13. The lowest BCUT2D eigenvalue weighted by atomic mass is 10.1. The number of phenols is 1. The summed E-state index contributed by atoms with van der Waals surface area (Å²) in [5.41, 5.74) is 1.68. The number of nitrogens with zero attached hydrogens (tertiary/aromatic N) is 1. The van der Waals surface area contributed by atoms with Gasteiger partial charge in [0, 0.05) is 0 Å². The van der Waals surface area contributed by atoms with Gasteiger partial charge >= 0.3 is 5.97 Å². The lowest BCUT2D eigenvalue weighted by molar-refractivity contribution is -0.136. The van der Waals surface area contributed by atoms with Crippen LogP contribution in [0.4, 0.5) is 0 Å². The number of para-hydroxylation sites is 1. The molecular weight excluding hydrogens is 381 g/mol. The summed E-state index contributed by atoms with van der Waals surface area (Å²) in [5.74, 6) is -0.681. The molecule has 3 rings (SSSR count). The number of aromatic hydroxyl groups is 1. The average Bonchev–Trinajstić information content (AvgIpc) is 3.01. The van der Waals surface area contributed by atoms with Gasteiger partial charge < -0.3 is 9.84 Å². The van der Waals surface area contributed by atoms with Crippen LogP contribution in [0.15, 0.2) is 36.4 Å². The number of fused-ring (bicyclic) bond motifs is 1. The minimum atomic E-state index is -0.484. The van der Waals surface area contributed by atoms with Crippen LogP contribution in [0.5, 0.6) is 5.75 Å². The number of halogens is 2. The number of benzene rings is 2. The maximum absolute atomic E-state index is 12.4. The zero-order chi connectivity index (χ0) is 18.0. The first-order chi connectivity index (χ1) is 12.0. The summed E-state index contributed by atoms with van der Waals surface area (Å²) in [4.78, 5) is 16.9. The van der Waals surface area contributed by atoms with E-state index in [-0.39, 0.29) is 22.4 Å². The molecule has 0 aliphatic heterocycles. The number of aromatic nitrogens is 1. The molecule has 0 unspecified atom stereocenters. The summed E-state index contributed by atoms with van der Waals surface area (Å²) in [7, 11) is 0. The zero-order valence-corrected chi connectivity index (χ0v) is 15.5. The minimum absolute atomic E-state index is 0.103. The van der Waals surface area contributed by atoms with Crippen LogP contribution in [0.25, 0.3) is 21.9 Å². The maximum Gasteiger partial charge on any atom is 0.341 e. The van der Waals surface area contributed by atoms with Gasteiger partial charge in [0.1, 0.15) is 5.01 Å². The molecule has 7 heteroatoms. The second kappa shape index (κ2) is 7.44. The van der Waals surface area contributed by atoms with E-state index in [1.807, 2.05) is 24.3 Å². The number of rotatable bonds is 4. The number of phenolic OH excluding ortho intramolecular Hbond substituents is 1. The molecule has 0 aliphatic rings. The second-order valence-corrected chi connectivity index (χ2v) is 6.94. The van der Waals surface area contributed by atoms with Gasteiger partial charge in [0.2, 0.25) is 0 Å². The molecule has 0 radical (unpaired) electrons. The van der Waals surface area contributed by atoms with Crippen molar-refractivity contribution in [2.75, 3.05) is 6.61 Å². The van der Waals surface area contributed by atoms with Crippen molar-refractivity contribution in [3.05, 3.63) is 57.0 Å². The Bertz CT molecular complexity index is 925. The van der Waals surface area contributed by atoms with Gasteiger partial charge in [-0.25, -0.2) is 9.78 Å². The Morgan fingerprint density at radius 2 is 1.96 bits per heavy atom. The first-order valence-electron chi connectivity index (χ1n) is 7.42. The van der Waals surface area contributed by atoms with E-state index in [4.69, 9.17) is 27.9 Å². The fourth-order valence-corrected chi connectivity index (χ4v) is 3.71. The third-order valence-corrected chi connectivity index (χ3v) is 5.02. The normalized spacial score (nSPS) is 11.7. The van der Waals surface area contributed by atoms with Crippen LogP contribution in [0, 0.1) is 0 Å². The van der Waals surface area contributed by atoms with Crippen molar-refractivity contribution in [2.24, 2.45) is 0 Å². The highest BCUT2D eigenvalue weighted by Crippen LogP contribution is 2.35. The molecule has 0 spiro atoms. The van der Waals surface area contributed by atoms with Gasteiger partial charge in [-0.15, -0.1) is 11.3 Å². The number of carbonyl (C=O) groups excluding carboxylic acids is 1. The Kier molecular flexibility index (Phi) is 5.27. The zero-order valence-electron chi connectivity index (χ0n) is 13.1. The molecule has 1 aromatic heterocycles. The lowest BCUT2D eigenvalue weighted by Gasteiger charge is -2.06. The molecule has 1 heterocycles. The van der Waals surface area contributed by atoms with E-state index in [1.54, 1.807) is 13.0 Å². The summed E-state index contributed by atoms with van der Waals surface area (Å²) in [5, 5.41) is 10.4. The third kappa shape index (κ3) is 3.79. The average molecular weight is 394 g/mol. The molecule has 0 saturated carbocycles. The van der Waals surface area contributed by atoms with Crippen molar-refractivity contribution < 1.29 is 14.6 Å².